The van der Waals surface area contributed by atoms with Crippen LogP contribution in [0.2, 0.25) is 0 Å². The van der Waals surface area contributed by atoms with Crippen LogP contribution in [0.15, 0.2) is 28.9 Å². The summed E-state index contributed by atoms with van der Waals surface area (Å²) < 4.78 is 0. The number of hydrogen-bond acceptors (Lipinski definition) is 5. The maximum Gasteiger partial charge on any atom is 0.269 e. The molecular weight excluding hydrogens is 218 g/mol. The van der Waals surface area contributed by atoms with Crippen LogP contribution < -0.4 is 10.6 Å². The Bertz CT molecular complexity index is 412. The standard InChI is InChI=1S/C11H17N5O/c1-4-13-10(17)8-6-5-7-9-14-11(12-2)15(3)16(8)9/h5-7,11-12H,4H2,1-3H3,(H,13,17). The number of nitrogens with zero attached hydrogens (tertiary/aromatic N) is 3. The number of rotatable bonds is 3. The monoisotopic (exact) mass is 235 g/mol. The van der Waals surface area contributed by atoms with E-state index >= 15 is 0 Å². The Hall–Kier alpha value is -1.66. The van der Waals surface area contributed by atoms with Gasteiger partial charge in [0.05, 0.1) is 0 Å². The van der Waals surface area contributed by atoms with E-state index in [-0.39, 0.29) is 12.2 Å². The third-order valence-corrected chi connectivity index (χ3v) is 2.70. The Balaban J connectivity index is 2.26. The number of allylic oxidation sites excluding steroid dienone is 2. The van der Waals surface area contributed by atoms with Gasteiger partial charge in [0.1, 0.15) is 11.5 Å². The maximum atomic E-state index is 11.9. The Morgan fingerprint density at radius 3 is 3.00 bits per heavy atom. The van der Waals surface area contributed by atoms with Crippen molar-refractivity contribution in [2.45, 2.75) is 13.2 Å². The molecule has 1 amide bonds. The largest absolute Gasteiger partial charge is 0.351 e. The van der Waals surface area contributed by atoms with E-state index in [1.165, 1.54) is 0 Å². The van der Waals surface area contributed by atoms with E-state index in [1.807, 2.05) is 43.2 Å². The van der Waals surface area contributed by atoms with Crippen LogP contribution in [-0.2, 0) is 4.79 Å². The van der Waals surface area contributed by atoms with E-state index in [1.54, 1.807) is 6.08 Å². The van der Waals surface area contributed by atoms with Gasteiger partial charge in [-0.25, -0.2) is 10.0 Å². The number of hydrazine groups is 1. The fraction of sp³-hybridized carbons (Fsp3) is 0.455. The number of aliphatic imine (C=N–C) groups is 1. The zero-order valence-electron chi connectivity index (χ0n) is 10.3. The summed E-state index contributed by atoms with van der Waals surface area (Å²) in [5.74, 6) is 0.684. The van der Waals surface area contributed by atoms with Crippen LogP contribution in [-0.4, -0.2) is 48.7 Å². The molecular formula is C11H17N5O. The molecule has 0 aromatic carbocycles. The lowest BCUT2D eigenvalue weighted by molar-refractivity contribution is -0.120. The van der Waals surface area contributed by atoms with Gasteiger partial charge in [-0.3, -0.25) is 10.1 Å². The molecule has 1 unspecified atom stereocenters. The summed E-state index contributed by atoms with van der Waals surface area (Å²) in [6.07, 6.45) is 5.38. The molecule has 0 saturated heterocycles. The molecule has 92 valence electrons. The lowest BCUT2D eigenvalue weighted by atomic mass is 10.2. The third kappa shape index (κ3) is 1.96. The topological polar surface area (TPSA) is 60.0 Å². The number of hydrogen-bond donors (Lipinski definition) is 2. The molecule has 17 heavy (non-hydrogen) atoms. The molecule has 2 heterocycles. The second-order valence-corrected chi connectivity index (χ2v) is 3.81. The number of amidine groups is 1. The lowest BCUT2D eigenvalue weighted by Crippen LogP contribution is -2.49. The zero-order valence-corrected chi connectivity index (χ0v) is 10.3. The van der Waals surface area contributed by atoms with E-state index in [9.17, 15) is 4.79 Å². The first-order valence-corrected chi connectivity index (χ1v) is 5.63. The van der Waals surface area contributed by atoms with Crippen molar-refractivity contribution in [3.05, 3.63) is 23.9 Å². The molecule has 6 heteroatoms. The van der Waals surface area contributed by atoms with Gasteiger partial charge in [0.2, 0.25) is 0 Å². The zero-order chi connectivity index (χ0) is 12.4. The first-order valence-electron chi connectivity index (χ1n) is 5.63. The minimum absolute atomic E-state index is 0.0897. The Labute approximate surface area is 101 Å². The van der Waals surface area contributed by atoms with Crippen LogP contribution >= 0.6 is 0 Å². The summed E-state index contributed by atoms with van der Waals surface area (Å²) in [6, 6.07) is 0. The van der Waals surface area contributed by atoms with Crippen molar-refractivity contribution in [1.29, 1.82) is 0 Å². The summed E-state index contributed by atoms with van der Waals surface area (Å²) in [5, 5.41) is 9.56. The SMILES string of the molecule is CCNC(=O)C1=CC=CC2=NC(NC)N(C)N12. The first-order chi connectivity index (χ1) is 8.19. The molecule has 2 rings (SSSR count). The first kappa shape index (κ1) is 11.8. The number of likely N-dealkylation sites (N-methyl/N-ethyl adjacent to an activating group) is 1. The van der Waals surface area contributed by atoms with E-state index in [2.05, 4.69) is 15.6 Å². The molecule has 0 saturated carbocycles. The predicted octanol–water partition coefficient (Wildman–Crippen LogP) is -0.360. The van der Waals surface area contributed by atoms with Crippen LogP contribution in [0.5, 0.6) is 0 Å². The van der Waals surface area contributed by atoms with Gasteiger partial charge in [-0.15, -0.1) is 0 Å². The Morgan fingerprint density at radius 1 is 1.59 bits per heavy atom. The smallest absolute Gasteiger partial charge is 0.269 e. The third-order valence-electron chi connectivity index (χ3n) is 2.70. The molecule has 0 bridgehead atoms. The molecule has 0 aromatic rings. The van der Waals surface area contributed by atoms with Crippen molar-refractivity contribution < 1.29 is 4.79 Å². The van der Waals surface area contributed by atoms with Crippen molar-refractivity contribution in [1.82, 2.24) is 20.7 Å². The second kappa shape index (κ2) is 4.68. The van der Waals surface area contributed by atoms with Crippen molar-refractivity contribution in [3.8, 4) is 0 Å². The van der Waals surface area contributed by atoms with E-state index in [0.29, 0.717) is 12.2 Å². The van der Waals surface area contributed by atoms with Crippen molar-refractivity contribution in [2.24, 2.45) is 4.99 Å². The molecule has 0 aliphatic carbocycles. The molecule has 0 aromatic heterocycles. The molecule has 0 fully saturated rings. The molecule has 1 atom stereocenters. The van der Waals surface area contributed by atoms with Gasteiger partial charge in [0, 0.05) is 13.6 Å². The molecule has 0 spiro atoms. The van der Waals surface area contributed by atoms with Crippen molar-refractivity contribution in [2.75, 3.05) is 20.6 Å². The van der Waals surface area contributed by atoms with Crippen LogP contribution in [0.3, 0.4) is 0 Å². The highest BCUT2D eigenvalue weighted by molar-refractivity contribution is 6.04. The van der Waals surface area contributed by atoms with Gasteiger partial charge >= 0.3 is 0 Å². The number of carbonyl (C=O) groups is 1. The molecule has 2 aliphatic heterocycles. The summed E-state index contributed by atoms with van der Waals surface area (Å²) in [5.41, 5.74) is 0.591. The van der Waals surface area contributed by atoms with Crippen molar-refractivity contribution in [3.63, 3.8) is 0 Å². The number of amides is 1. The van der Waals surface area contributed by atoms with Crippen LogP contribution in [0, 0.1) is 0 Å². The van der Waals surface area contributed by atoms with Crippen LogP contribution in [0.25, 0.3) is 0 Å². The van der Waals surface area contributed by atoms with E-state index in [0.717, 1.165) is 5.84 Å². The number of nitrogens with one attached hydrogen (secondary N) is 2. The summed E-state index contributed by atoms with van der Waals surface area (Å²) in [7, 11) is 3.73. The van der Waals surface area contributed by atoms with Gasteiger partial charge in [-0.05, 0) is 26.1 Å². The predicted molar refractivity (Wildman–Crippen MR) is 65.8 cm³/mol. The molecule has 2 aliphatic rings. The Morgan fingerprint density at radius 2 is 2.35 bits per heavy atom. The quantitative estimate of drug-likeness (QED) is 0.701. The minimum Gasteiger partial charge on any atom is -0.351 e. The van der Waals surface area contributed by atoms with E-state index in [4.69, 9.17) is 0 Å². The lowest BCUT2D eigenvalue weighted by Gasteiger charge is -2.31. The van der Waals surface area contributed by atoms with Crippen LogP contribution in [0.1, 0.15) is 6.92 Å². The molecule has 2 N–H and O–H groups in total. The van der Waals surface area contributed by atoms with Crippen molar-refractivity contribution >= 4 is 11.7 Å². The van der Waals surface area contributed by atoms with Gasteiger partial charge in [-0.1, -0.05) is 6.08 Å². The van der Waals surface area contributed by atoms with Gasteiger partial charge in [0.25, 0.3) is 5.91 Å². The van der Waals surface area contributed by atoms with Gasteiger partial charge < -0.3 is 5.32 Å². The van der Waals surface area contributed by atoms with E-state index < -0.39 is 0 Å². The summed E-state index contributed by atoms with van der Waals surface area (Å²) >= 11 is 0. The highest BCUT2D eigenvalue weighted by Crippen LogP contribution is 2.22. The Kier molecular flexibility index (Phi) is 3.26. The van der Waals surface area contributed by atoms with Crippen LogP contribution in [0.4, 0.5) is 0 Å². The molecule has 6 nitrogen and oxygen atoms in total. The summed E-state index contributed by atoms with van der Waals surface area (Å²) in [6.45, 7) is 2.51. The average molecular weight is 235 g/mol. The van der Waals surface area contributed by atoms with Gasteiger partial charge in [-0.2, -0.15) is 5.01 Å². The second-order valence-electron chi connectivity index (χ2n) is 3.81. The number of fused-ring (bicyclic) bond motifs is 1. The number of carbonyl (C=O) groups excluding carboxylic acids is 1. The summed E-state index contributed by atoms with van der Waals surface area (Å²) in [4.78, 5) is 16.4. The fourth-order valence-electron chi connectivity index (χ4n) is 1.91. The normalized spacial score (nSPS) is 23.2. The highest BCUT2D eigenvalue weighted by atomic mass is 16.2. The minimum atomic E-state index is -0.134. The fourth-order valence-corrected chi connectivity index (χ4v) is 1.91. The van der Waals surface area contributed by atoms with Gasteiger partial charge in [0.15, 0.2) is 6.29 Å². The maximum absolute atomic E-state index is 11.9. The average Bonchev–Trinajstić information content (AvgIpc) is 2.66. The highest BCUT2D eigenvalue weighted by Gasteiger charge is 2.34. The molecule has 0 radical (unpaired) electrons.